The number of non-ortho nitro benzene ring substituents is 1. The number of esters is 1. The van der Waals surface area contributed by atoms with Gasteiger partial charge in [-0.2, -0.15) is 0 Å². The van der Waals surface area contributed by atoms with Crippen LogP contribution in [0.15, 0.2) is 59.3 Å². The van der Waals surface area contributed by atoms with Gasteiger partial charge in [0.2, 0.25) is 0 Å². The third-order valence-corrected chi connectivity index (χ3v) is 5.04. The molecule has 1 heterocycles. The zero-order valence-electron chi connectivity index (χ0n) is 17.0. The molecular formula is C22H19ClN2O6. The fourth-order valence-corrected chi connectivity index (χ4v) is 3.41. The van der Waals surface area contributed by atoms with Crippen molar-refractivity contribution in [3.63, 3.8) is 0 Å². The standard InChI is InChI=1S/C22H19ClN2O6/c1-4-31-22(27)20-13(2)24(15-5-8-17(30-3)9-6-15)21(26)18(20)12-14-11-16(25(28)29)7-10-19(14)23/h5-12H,4H2,1-3H3/b18-12-. The molecule has 9 heteroatoms. The van der Waals surface area contributed by atoms with Crippen molar-refractivity contribution in [3.8, 4) is 5.75 Å². The zero-order chi connectivity index (χ0) is 22.7. The van der Waals surface area contributed by atoms with Crippen molar-refractivity contribution in [1.82, 2.24) is 0 Å². The summed E-state index contributed by atoms with van der Waals surface area (Å²) >= 11 is 6.20. The first-order chi connectivity index (χ1) is 14.8. The van der Waals surface area contributed by atoms with Crippen LogP contribution in [-0.2, 0) is 14.3 Å². The van der Waals surface area contributed by atoms with Crippen LogP contribution in [-0.4, -0.2) is 30.5 Å². The number of nitro groups is 1. The van der Waals surface area contributed by atoms with Crippen LogP contribution in [0.2, 0.25) is 5.02 Å². The molecule has 1 amide bonds. The number of carbonyl (C=O) groups is 2. The van der Waals surface area contributed by atoms with Gasteiger partial charge in [-0.3, -0.25) is 19.8 Å². The van der Waals surface area contributed by atoms with E-state index in [1.165, 1.54) is 36.3 Å². The van der Waals surface area contributed by atoms with Crippen molar-refractivity contribution in [2.24, 2.45) is 0 Å². The number of carbonyl (C=O) groups excluding carboxylic acids is 2. The predicted molar refractivity (Wildman–Crippen MR) is 116 cm³/mol. The normalized spacial score (nSPS) is 14.9. The number of hydrogen-bond acceptors (Lipinski definition) is 6. The summed E-state index contributed by atoms with van der Waals surface area (Å²) < 4.78 is 10.3. The highest BCUT2D eigenvalue weighted by atomic mass is 35.5. The Morgan fingerprint density at radius 3 is 2.48 bits per heavy atom. The Kier molecular flexibility index (Phi) is 6.41. The molecule has 0 aromatic heterocycles. The lowest BCUT2D eigenvalue weighted by atomic mass is 10.0. The Morgan fingerprint density at radius 2 is 1.90 bits per heavy atom. The van der Waals surface area contributed by atoms with Gasteiger partial charge < -0.3 is 9.47 Å². The maximum absolute atomic E-state index is 13.3. The first kappa shape index (κ1) is 22.0. The van der Waals surface area contributed by atoms with Crippen molar-refractivity contribution in [2.75, 3.05) is 18.6 Å². The second-order valence-corrected chi connectivity index (χ2v) is 6.95. The zero-order valence-corrected chi connectivity index (χ0v) is 17.8. The Balaban J connectivity index is 2.15. The fraction of sp³-hybridized carbons (Fsp3) is 0.182. The number of methoxy groups -OCH3 is 1. The summed E-state index contributed by atoms with van der Waals surface area (Å²) in [5.74, 6) is -0.535. The van der Waals surface area contributed by atoms with Crippen LogP contribution in [0.3, 0.4) is 0 Å². The average Bonchev–Trinajstić information content (AvgIpc) is 2.99. The highest BCUT2D eigenvalue weighted by Crippen LogP contribution is 2.37. The summed E-state index contributed by atoms with van der Waals surface area (Å²) in [7, 11) is 1.53. The van der Waals surface area contributed by atoms with E-state index in [1.807, 2.05) is 0 Å². The lowest BCUT2D eigenvalue weighted by molar-refractivity contribution is -0.384. The number of hydrogen-bond donors (Lipinski definition) is 0. The van der Waals surface area contributed by atoms with Gasteiger partial charge in [-0.15, -0.1) is 0 Å². The number of ether oxygens (including phenoxy) is 2. The second-order valence-electron chi connectivity index (χ2n) is 6.54. The lowest BCUT2D eigenvalue weighted by Crippen LogP contribution is -2.24. The molecule has 1 aliphatic heterocycles. The van der Waals surface area contributed by atoms with Gasteiger partial charge in [0, 0.05) is 34.1 Å². The number of nitro benzene ring substituents is 1. The molecule has 1 aliphatic rings. The maximum atomic E-state index is 13.3. The average molecular weight is 443 g/mol. The van der Waals surface area contributed by atoms with Crippen molar-refractivity contribution in [3.05, 3.63) is 80.0 Å². The number of amides is 1. The Labute approximate surface area is 183 Å². The minimum absolute atomic E-state index is 0.0363. The van der Waals surface area contributed by atoms with E-state index in [0.29, 0.717) is 17.1 Å². The molecule has 0 saturated carbocycles. The molecule has 0 radical (unpaired) electrons. The van der Waals surface area contributed by atoms with Crippen LogP contribution in [0.1, 0.15) is 19.4 Å². The molecule has 160 valence electrons. The smallest absolute Gasteiger partial charge is 0.340 e. The van der Waals surface area contributed by atoms with E-state index < -0.39 is 16.8 Å². The fourth-order valence-electron chi connectivity index (χ4n) is 3.23. The molecule has 2 aromatic carbocycles. The number of allylic oxidation sites excluding steroid dienone is 1. The van der Waals surface area contributed by atoms with E-state index in [2.05, 4.69) is 0 Å². The van der Waals surface area contributed by atoms with Gasteiger partial charge in [-0.25, -0.2) is 4.79 Å². The molecule has 31 heavy (non-hydrogen) atoms. The third-order valence-electron chi connectivity index (χ3n) is 4.70. The summed E-state index contributed by atoms with van der Waals surface area (Å²) in [5, 5.41) is 11.3. The first-order valence-electron chi connectivity index (χ1n) is 9.31. The van der Waals surface area contributed by atoms with Crippen molar-refractivity contribution in [2.45, 2.75) is 13.8 Å². The maximum Gasteiger partial charge on any atom is 0.340 e. The molecule has 0 aliphatic carbocycles. The Bertz CT molecular complexity index is 1120. The monoisotopic (exact) mass is 442 g/mol. The minimum Gasteiger partial charge on any atom is -0.497 e. The SMILES string of the molecule is CCOC(=O)C1=C(C)N(c2ccc(OC)cc2)C(=O)/C1=C\c1cc([N+](=O)[O-])ccc1Cl. The van der Waals surface area contributed by atoms with Gasteiger partial charge in [-0.05, 0) is 50.3 Å². The van der Waals surface area contributed by atoms with E-state index in [0.717, 1.165) is 0 Å². The predicted octanol–water partition coefficient (Wildman–Crippen LogP) is 4.52. The number of benzene rings is 2. The molecule has 0 bridgehead atoms. The van der Waals surface area contributed by atoms with Gasteiger partial charge >= 0.3 is 5.97 Å². The van der Waals surface area contributed by atoms with Gasteiger partial charge in [0.05, 0.1) is 29.8 Å². The number of anilines is 1. The highest BCUT2D eigenvalue weighted by Gasteiger charge is 2.38. The quantitative estimate of drug-likeness (QED) is 0.282. The molecule has 2 aromatic rings. The summed E-state index contributed by atoms with van der Waals surface area (Å²) in [6, 6.07) is 10.6. The van der Waals surface area contributed by atoms with Gasteiger partial charge in [0.25, 0.3) is 11.6 Å². The van der Waals surface area contributed by atoms with E-state index in [9.17, 15) is 19.7 Å². The van der Waals surface area contributed by atoms with E-state index in [-0.39, 0.29) is 34.0 Å². The molecule has 0 atom stereocenters. The van der Waals surface area contributed by atoms with Crippen LogP contribution in [0, 0.1) is 10.1 Å². The largest absolute Gasteiger partial charge is 0.497 e. The van der Waals surface area contributed by atoms with Crippen LogP contribution in [0.5, 0.6) is 5.75 Å². The summed E-state index contributed by atoms with van der Waals surface area (Å²) in [5.41, 5.74) is 1.07. The van der Waals surface area contributed by atoms with Crippen LogP contribution >= 0.6 is 11.6 Å². The van der Waals surface area contributed by atoms with Crippen molar-refractivity contribution in [1.29, 1.82) is 0 Å². The molecule has 0 N–H and O–H groups in total. The molecule has 0 spiro atoms. The van der Waals surface area contributed by atoms with E-state index in [1.54, 1.807) is 38.1 Å². The van der Waals surface area contributed by atoms with E-state index in [4.69, 9.17) is 21.1 Å². The molecule has 8 nitrogen and oxygen atoms in total. The number of nitrogens with zero attached hydrogens (tertiary/aromatic N) is 2. The van der Waals surface area contributed by atoms with Crippen LogP contribution < -0.4 is 9.64 Å². The summed E-state index contributed by atoms with van der Waals surface area (Å²) in [6.45, 7) is 3.41. The van der Waals surface area contributed by atoms with Gasteiger partial charge in [-0.1, -0.05) is 11.6 Å². The minimum atomic E-state index is -0.669. The second kappa shape index (κ2) is 9.01. The highest BCUT2D eigenvalue weighted by molar-refractivity contribution is 6.32. The molecule has 0 saturated heterocycles. The van der Waals surface area contributed by atoms with Gasteiger partial charge in [0.15, 0.2) is 0 Å². The van der Waals surface area contributed by atoms with Gasteiger partial charge in [0.1, 0.15) is 5.75 Å². The number of halogens is 1. The molecule has 0 unspecified atom stereocenters. The topological polar surface area (TPSA) is 99.0 Å². The molecule has 0 fully saturated rings. The third kappa shape index (κ3) is 4.29. The Hall–Kier alpha value is -3.65. The first-order valence-corrected chi connectivity index (χ1v) is 9.68. The summed E-state index contributed by atoms with van der Waals surface area (Å²) in [4.78, 5) is 38.0. The van der Waals surface area contributed by atoms with E-state index >= 15 is 0 Å². The molecular weight excluding hydrogens is 424 g/mol. The van der Waals surface area contributed by atoms with Crippen molar-refractivity contribution < 1.29 is 24.0 Å². The molecule has 3 rings (SSSR count). The Morgan fingerprint density at radius 1 is 1.23 bits per heavy atom. The summed E-state index contributed by atoms with van der Waals surface area (Å²) in [6.07, 6.45) is 1.37. The lowest BCUT2D eigenvalue weighted by Gasteiger charge is -2.18. The van der Waals surface area contributed by atoms with Crippen LogP contribution in [0.25, 0.3) is 6.08 Å². The van der Waals surface area contributed by atoms with Crippen LogP contribution in [0.4, 0.5) is 11.4 Å². The van der Waals surface area contributed by atoms with Crippen molar-refractivity contribution >= 4 is 40.9 Å². The number of rotatable bonds is 6.